The maximum atomic E-state index is 2.33. The molecule has 2 bridgehead atoms. The van der Waals surface area contributed by atoms with E-state index in [-0.39, 0.29) is 0 Å². The van der Waals surface area contributed by atoms with Gasteiger partial charge in [0.25, 0.3) is 0 Å². The summed E-state index contributed by atoms with van der Waals surface area (Å²) in [6.45, 7) is 0. The van der Waals surface area contributed by atoms with Crippen LogP contribution in [-0.4, -0.2) is 3.90 Å². The van der Waals surface area contributed by atoms with Crippen LogP contribution < -0.4 is 0 Å². The van der Waals surface area contributed by atoms with Gasteiger partial charge >= 0.3 is 96.2 Å². The van der Waals surface area contributed by atoms with Gasteiger partial charge in [-0.05, 0) is 0 Å². The minimum atomic E-state index is 0.929. The van der Waals surface area contributed by atoms with Crippen LogP contribution in [0, 0.1) is 11.8 Å². The number of fused-ring (bicyclic) bond motifs is 3. The quantitative estimate of drug-likeness (QED) is 0.672. The molecule has 1 aromatic carbocycles. The Morgan fingerprint density at radius 1 is 0.929 bits per heavy atom. The average Bonchev–Trinajstić information content (AvgIpc) is 2.44. The fourth-order valence-corrected chi connectivity index (χ4v) is 4.36. The zero-order chi connectivity index (χ0) is 9.54. The summed E-state index contributed by atoms with van der Waals surface area (Å²) in [5.41, 5.74) is 3.25. The van der Waals surface area contributed by atoms with E-state index in [0.29, 0.717) is 0 Å². The van der Waals surface area contributed by atoms with Crippen LogP contribution in [0.1, 0.15) is 24.0 Å². The standard InChI is InChI=1S/C13H14.W/c1-2-4-13-9-11-6-5-10(7-11)8-12(13)3-1;/h1-4,10-11H,5-6,8-9H2;/t10-,11?;/m0./s1. The molecule has 1 saturated carbocycles. The molecule has 0 N–H and O–H groups in total. The first-order valence-corrected chi connectivity index (χ1v) is 6.92. The Morgan fingerprint density at radius 2 is 1.43 bits per heavy atom. The molecule has 0 nitrogen and oxygen atoms in total. The van der Waals surface area contributed by atoms with Crippen molar-refractivity contribution in [1.29, 1.82) is 0 Å². The van der Waals surface area contributed by atoms with Gasteiger partial charge in [0, 0.05) is 0 Å². The molecule has 0 radical (unpaired) electrons. The molecule has 72 valence electrons. The van der Waals surface area contributed by atoms with Crippen LogP contribution in [0.5, 0.6) is 0 Å². The van der Waals surface area contributed by atoms with Gasteiger partial charge in [-0.25, -0.2) is 0 Å². The van der Waals surface area contributed by atoms with Gasteiger partial charge in [-0.3, -0.25) is 0 Å². The summed E-state index contributed by atoms with van der Waals surface area (Å²) < 4.78 is 1.86. The molecule has 3 rings (SSSR count). The number of hydrogen-bond donors (Lipinski definition) is 0. The van der Waals surface area contributed by atoms with Crippen molar-refractivity contribution in [1.82, 2.24) is 0 Å². The zero-order valence-corrected chi connectivity index (χ0v) is 11.1. The second-order valence-corrected chi connectivity index (χ2v) is 6.24. The molecule has 1 unspecified atom stereocenters. The van der Waals surface area contributed by atoms with Crippen LogP contribution in [0.3, 0.4) is 0 Å². The summed E-state index contributed by atoms with van der Waals surface area (Å²) in [4.78, 5) is 0. The minimum absolute atomic E-state index is 0.929. The van der Waals surface area contributed by atoms with Gasteiger partial charge in [0.2, 0.25) is 0 Å². The second kappa shape index (κ2) is 3.42. The number of benzene rings is 1. The van der Waals surface area contributed by atoms with Gasteiger partial charge in [-0.15, -0.1) is 0 Å². The van der Waals surface area contributed by atoms with E-state index >= 15 is 0 Å². The monoisotopic (exact) mass is 354 g/mol. The van der Waals surface area contributed by atoms with Crippen LogP contribution in [0.15, 0.2) is 24.3 Å². The fourth-order valence-electron chi connectivity index (χ4n) is 2.91. The van der Waals surface area contributed by atoms with Crippen molar-refractivity contribution in [2.24, 2.45) is 11.8 Å². The molecule has 0 saturated heterocycles. The van der Waals surface area contributed by atoms with Gasteiger partial charge in [-0.2, -0.15) is 0 Å². The predicted octanol–water partition coefficient (Wildman–Crippen LogP) is 2.53. The van der Waals surface area contributed by atoms with E-state index in [1.54, 1.807) is 30.5 Å². The summed E-state index contributed by atoms with van der Waals surface area (Å²) in [6.07, 6.45) is 5.56. The van der Waals surface area contributed by atoms with Gasteiger partial charge in [0.05, 0.1) is 0 Å². The molecule has 2 aliphatic rings. The summed E-state index contributed by atoms with van der Waals surface area (Å²) in [5, 5.41) is 0. The first kappa shape index (κ1) is 9.04. The third kappa shape index (κ3) is 1.35. The third-order valence-electron chi connectivity index (χ3n) is 3.72. The predicted molar refractivity (Wildman–Crippen MR) is 55.1 cm³/mol. The van der Waals surface area contributed by atoms with Gasteiger partial charge in [-0.1, -0.05) is 0 Å². The Kier molecular flexibility index (Phi) is 2.21. The van der Waals surface area contributed by atoms with Crippen molar-refractivity contribution < 1.29 is 19.4 Å². The van der Waals surface area contributed by atoms with E-state index in [4.69, 9.17) is 0 Å². The molecule has 1 heteroatoms. The van der Waals surface area contributed by atoms with E-state index in [1.807, 2.05) is 3.90 Å². The van der Waals surface area contributed by atoms with Crippen LogP contribution in [0.2, 0.25) is 0 Å². The Balaban J connectivity index is 2.06. The molecule has 0 heterocycles. The average molecular weight is 354 g/mol. The maximum absolute atomic E-state index is 2.33. The zero-order valence-electron chi connectivity index (χ0n) is 8.20. The van der Waals surface area contributed by atoms with Crippen molar-refractivity contribution >= 4 is 3.90 Å². The van der Waals surface area contributed by atoms with E-state index in [2.05, 4.69) is 24.3 Å². The molecule has 0 spiro atoms. The van der Waals surface area contributed by atoms with Crippen molar-refractivity contribution in [2.75, 3.05) is 0 Å². The summed E-state index contributed by atoms with van der Waals surface area (Å²) in [5.74, 6) is 1.86. The summed E-state index contributed by atoms with van der Waals surface area (Å²) >= 11 is 1.75. The normalized spacial score (nSPS) is 29.9. The molecule has 1 aromatic rings. The van der Waals surface area contributed by atoms with Crippen LogP contribution in [0.25, 0.3) is 0 Å². The Hall–Kier alpha value is -0.222. The Bertz CT molecular complexity index is 346. The molecule has 1 fully saturated rings. The topological polar surface area (TPSA) is 0 Å². The van der Waals surface area contributed by atoms with Crippen molar-refractivity contribution in [3.63, 3.8) is 0 Å². The SMILES string of the molecule is [W]=[C]1C2CC[C@@H]1Cc1ccccc1C2. The number of hydrogen-bond acceptors (Lipinski definition) is 0. The summed E-state index contributed by atoms with van der Waals surface area (Å²) in [6, 6.07) is 9.05. The molecule has 2 aliphatic carbocycles. The van der Waals surface area contributed by atoms with Gasteiger partial charge in [0.1, 0.15) is 0 Å². The fraction of sp³-hybridized carbons (Fsp3) is 0.462. The molecular formula is C13H14W. The van der Waals surface area contributed by atoms with E-state index in [1.165, 1.54) is 25.7 Å². The number of rotatable bonds is 0. The first-order valence-electron chi connectivity index (χ1n) is 5.45. The first-order chi connectivity index (χ1) is 6.84. The van der Waals surface area contributed by atoms with E-state index in [0.717, 1.165) is 11.8 Å². The van der Waals surface area contributed by atoms with Gasteiger partial charge in [0.15, 0.2) is 0 Å². The van der Waals surface area contributed by atoms with Crippen molar-refractivity contribution in [3.8, 4) is 0 Å². The molecule has 0 aromatic heterocycles. The van der Waals surface area contributed by atoms with Crippen LogP contribution in [-0.2, 0) is 32.2 Å². The molecule has 0 aliphatic heterocycles. The Labute approximate surface area is 96.1 Å². The summed E-state index contributed by atoms with van der Waals surface area (Å²) in [7, 11) is 0. The van der Waals surface area contributed by atoms with E-state index in [9.17, 15) is 0 Å². The van der Waals surface area contributed by atoms with Gasteiger partial charge < -0.3 is 0 Å². The van der Waals surface area contributed by atoms with Crippen LogP contribution in [0.4, 0.5) is 0 Å². The second-order valence-electron chi connectivity index (χ2n) is 4.55. The molecular weight excluding hydrogens is 340 g/mol. The Morgan fingerprint density at radius 3 is 1.93 bits per heavy atom. The molecule has 2 atom stereocenters. The van der Waals surface area contributed by atoms with Crippen molar-refractivity contribution in [2.45, 2.75) is 25.7 Å². The third-order valence-corrected chi connectivity index (χ3v) is 6.11. The molecule has 14 heavy (non-hydrogen) atoms. The molecule has 0 amide bonds. The van der Waals surface area contributed by atoms with Crippen LogP contribution >= 0.6 is 0 Å². The van der Waals surface area contributed by atoms with E-state index < -0.39 is 0 Å². The van der Waals surface area contributed by atoms with Crippen molar-refractivity contribution in [3.05, 3.63) is 35.4 Å².